The second-order valence-electron chi connectivity index (χ2n) is 5.62. The van der Waals surface area contributed by atoms with Gasteiger partial charge in [0.25, 0.3) is 11.8 Å². The summed E-state index contributed by atoms with van der Waals surface area (Å²) in [5.74, 6) is -0.918. The number of nitrogens with one attached hydrogen (secondary N) is 2. The van der Waals surface area contributed by atoms with Crippen LogP contribution in [0.2, 0.25) is 5.02 Å². The van der Waals surface area contributed by atoms with Crippen LogP contribution in [0.1, 0.15) is 22.3 Å². The van der Waals surface area contributed by atoms with E-state index in [2.05, 4.69) is 10.6 Å². The first-order valence-corrected chi connectivity index (χ1v) is 8.88. The van der Waals surface area contributed by atoms with Gasteiger partial charge in [-0.15, -0.1) is 0 Å². The molecule has 140 valence electrons. The molecule has 0 radical (unpaired) electrons. The lowest BCUT2D eigenvalue weighted by molar-refractivity contribution is -0.117. The summed E-state index contributed by atoms with van der Waals surface area (Å²) in [5, 5.41) is 14.4. The van der Waals surface area contributed by atoms with Crippen molar-refractivity contribution in [1.82, 2.24) is 10.6 Å². The molecule has 2 rings (SSSR count). The number of hydrogen-bond donors (Lipinski definition) is 3. The summed E-state index contributed by atoms with van der Waals surface area (Å²) in [6.07, 6.45) is 5.46. The molecule has 0 spiro atoms. The predicted octanol–water partition coefficient (Wildman–Crippen LogP) is 3.17. The average molecular weight is 385 g/mol. The van der Waals surface area contributed by atoms with E-state index >= 15 is 0 Å². The zero-order chi connectivity index (χ0) is 19.5. The number of benzene rings is 2. The Morgan fingerprint density at radius 2 is 1.74 bits per heavy atom. The van der Waals surface area contributed by atoms with Gasteiger partial charge in [0.2, 0.25) is 0 Å². The highest BCUT2D eigenvalue weighted by Gasteiger charge is 2.15. The van der Waals surface area contributed by atoms with Crippen molar-refractivity contribution in [1.29, 1.82) is 0 Å². The van der Waals surface area contributed by atoms with Crippen molar-refractivity contribution in [3.05, 3.63) is 88.6 Å². The molecule has 0 aliphatic rings. The monoisotopic (exact) mass is 384 g/mol. The zero-order valence-electron chi connectivity index (χ0n) is 14.7. The molecule has 0 bridgehead atoms. The van der Waals surface area contributed by atoms with E-state index in [1.807, 2.05) is 36.4 Å². The lowest BCUT2D eigenvalue weighted by Gasteiger charge is -2.11. The number of carbonyl (C=O) groups is 2. The summed E-state index contributed by atoms with van der Waals surface area (Å²) in [4.78, 5) is 24.8. The number of rotatable bonds is 8. The lowest BCUT2D eigenvalue weighted by Crippen LogP contribution is -2.35. The van der Waals surface area contributed by atoms with Crippen molar-refractivity contribution in [2.45, 2.75) is 6.42 Å². The molecule has 3 N–H and O–H groups in total. The predicted molar refractivity (Wildman–Crippen MR) is 107 cm³/mol. The molecule has 0 unspecified atom stereocenters. The fraction of sp³-hybridized carbons (Fsp3) is 0.143. The summed E-state index contributed by atoms with van der Waals surface area (Å²) in [7, 11) is 0. The van der Waals surface area contributed by atoms with Gasteiger partial charge < -0.3 is 15.7 Å². The van der Waals surface area contributed by atoms with Crippen molar-refractivity contribution >= 4 is 29.5 Å². The highest BCUT2D eigenvalue weighted by molar-refractivity contribution is 6.34. The van der Waals surface area contributed by atoms with E-state index in [9.17, 15) is 9.59 Å². The highest BCUT2D eigenvalue weighted by Crippen LogP contribution is 2.15. The van der Waals surface area contributed by atoms with Crippen LogP contribution < -0.4 is 10.6 Å². The summed E-state index contributed by atoms with van der Waals surface area (Å²) >= 11 is 6.05. The molecule has 2 aromatic carbocycles. The number of aliphatic hydroxyl groups excluding tert-OH is 1. The van der Waals surface area contributed by atoms with Crippen molar-refractivity contribution in [3.63, 3.8) is 0 Å². The maximum absolute atomic E-state index is 12.5. The molecule has 0 atom stereocenters. The number of carbonyl (C=O) groups excluding carboxylic acids is 2. The van der Waals surface area contributed by atoms with E-state index in [-0.39, 0.29) is 17.9 Å². The van der Waals surface area contributed by atoms with Gasteiger partial charge in [0.05, 0.1) is 10.6 Å². The third kappa shape index (κ3) is 6.73. The van der Waals surface area contributed by atoms with Gasteiger partial charge in [-0.05, 0) is 30.2 Å². The second-order valence-corrected chi connectivity index (χ2v) is 6.02. The summed E-state index contributed by atoms with van der Waals surface area (Å²) in [5.41, 5.74) is 1.33. The molecule has 27 heavy (non-hydrogen) atoms. The zero-order valence-corrected chi connectivity index (χ0v) is 15.4. The fourth-order valence-corrected chi connectivity index (χ4v) is 2.43. The lowest BCUT2D eigenvalue weighted by atomic mass is 10.2. The van der Waals surface area contributed by atoms with Gasteiger partial charge in [-0.3, -0.25) is 9.59 Å². The third-order valence-corrected chi connectivity index (χ3v) is 3.91. The minimum absolute atomic E-state index is 0.0286. The van der Waals surface area contributed by atoms with Crippen LogP contribution in [0.3, 0.4) is 0 Å². The number of allylic oxidation sites excluding steroid dienone is 2. The van der Waals surface area contributed by atoms with Crippen LogP contribution in [0.25, 0.3) is 6.08 Å². The molecule has 0 saturated carbocycles. The third-order valence-electron chi connectivity index (χ3n) is 3.58. The number of hydrogen-bond acceptors (Lipinski definition) is 3. The fourth-order valence-electron chi connectivity index (χ4n) is 2.20. The molecule has 0 aromatic heterocycles. The van der Waals surface area contributed by atoms with Gasteiger partial charge in [0.15, 0.2) is 0 Å². The first-order chi connectivity index (χ1) is 13.1. The van der Waals surface area contributed by atoms with E-state index in [1.165, 1.54) is 6.08 Å². The van der Waals surface area contributed by atoms with Crippen molar-refractivity contribution in [3.8, 4) is 0 Å². The Morgan fingerprint density at radius 1 is 1.04 bits per heavy atom. The van der Waals surface area contributed by atoms with Gasteiger partial charge in [0.1, 0.15) is 5.70 Å². The van der Waals surface area contributed by atoms with E-state index in [1.54, 1.807) is 30.3 Å². The normalized spacial score (nSPS) is 11.4. The van der Waals surface area contributed by atoms with Gasteiger partial charge in [-0.1, -0.05) is 66.2 Å². The van der Waals surface area contributed by atoms with Crippen LogP contribution in [0.5, 0.6) is 0 Å². The number of amides is 2. The van der Waals surface area contributed by atoms with Gasteiger partial charge >= 0.3 is 0 Å². The molecule has 2 aromatic rings. The van der Waals surface area contributed by atoms with Gasteiger partial charge in [0, 0.05) is 13.2 Å². The Bertz CT molecular complexity index is 832. The van der Waals surface area contributed by atoms with Gasteiger partial charge in [-0.2, -0.15) is 0 Å². The molecular formula is C21H21ClN2O3. The Balaban J connectivity index is 2.17. The number of aliphatic hydroxyl groups is 1. The van der Waals surface area contributed by atoms with E-state index in [0.717, 1.165) is 5.56 Å². The molecule has 0 aliphatic heterocycles. The molecule has 6 heteroatoms. The molecule has 0 aliphatic carbocycles. The van der Waals surface area contributed by atoms with E-state index in [0.29, 0.717) is 18.0 Å². The molecule has 2 amide bonds. The van der Waals surface area contributed by atoms with E-state index < -0.39 is 11.8 Å². The standard InChI is InChI=1S/C21H21ClN2O3/c22-18-12-5-4-11-17(18)20(26)24-19(21(27)23-14-7-15-25)13-6-10-16-8-2-1-3-9-16/h1-6,8-13,25H,7,14-15H2,(H,23,27)(H,24,26)/b10-6+,19-13+. The minimum atomic E-state index is -0.475. The molecule has 0 heterocycles. The Kier molecular flexibility index (Phi) is 8.29. The van der Waals surface area contributed by atoms with Crippen LogP contribution in [0.15, 0.2) is 72.4 Å². The van der Waals surface area contributed by atoms with Crippen LogP contribution in [-0.2, 0) is 4.79 Å². The summed E-state index contributed by atoms with van der Waals surface area (Å²) < 4.78 is 0. The number of halogens is 1. The first kappa shape index (κ1) is 20.4. The van der Waals surface area contributed by atoms with Crippen LogP contribution in [0.4, 0.5) is 0 Å². The molecule has 5 nitrogen and oxygen atoms in total. The minimum Gasteiger partial charge on any atom is -0.396 e. The quantitative estimate of drug-likeness (QED) is 0.371. The smallest absolute Gasteiger partial charge is 0.267 e. The average Bonchev–Trinajstić information content (AvgIpc) is 2.68. The van der Waals surface area contributed by atoms with E-state index in [4.69, 9.17) is 16.7 Å². The first-order valence-electron chi connectivity index (χ1n) is 8.50. The maximum atomic E-state index is 12.5. The van der Waals surface area contributed by atoms with Gasteiger partial charge in [-0.25, -0.2) is 0 Å². The van der Waals surface area contributed by atoms with Crippen LogP contribution in [0, 0.1) is 0 Å². The maximum Gasteiger partial charge on any atom is 0.267 e. The summed E-state index contributed by atoms with van der Waals surface area (Å²) in [6, 6.07) is 16.2. The van der Waals surface area contributed by atoms with Crippen molar-refractivity contribution in [2.75, 3.05) is 13.2 Å². The highest BCUT2D eigenvalue weighted by atomic mass is 35.5. The largest absolute Gasteiger partial charge is 0.396 e. The summed E-state index contributed by atoms with van der Waals surface area (Å²) in [6.45, 7) is 0.274. The molecular weight excluding hydrogens is 364 g/mol. The Labute approximate surface area is 163 Å². The van der Waals surface area contributed by atoms with Crippen LogP contribution in [-0.4, -0.2) is 30.1 Å². The second kappa shape index (κ2) is 11.0. The van der Waals surface area contributed by atoms with Crippen LogP contribution >= 0.6 is 11.6 Å². The Hall–Kier alpha value is -2.89. The molecule has 0 fully saturated rings. The van der Waals surface area contributed by atoms with Crippen molar-refractivity contribution in [2.24, 2.45) is 0 Å². The SMILES string of the molecule is O=C(NCCCO)/C(=C\C=C\c1ccccc1)NC(=O)c1ccccc1Cl. The van der Waals surface area contributed by atoms with Crippen molar-refractivity contribution < 1.29 is 14.7 Å². The topological polar surface area (TPSA) is 78.4 Å². The molecule has 0 saturated heterocycles. The Morgan fingerprint density at radius 3 is 2.44 bits per heavy atom.